The molecule has 1 saturated carbocycles. The molecule has 0 bridgehead atoms. The van der Waals surface area contributed by atoms with Gasteiger partial charge in [-0.3, -0.25) is 4.98 Å². The third kappa shape index (κ3) is 2.81. The minimum atomic E-state index is -3.69. The van der Waals surface area contributed by atoms with Gasteiger partial charge < -0.3 is 4.52 Å². The third-order valence-corrected chi connectivity index (χ3v) is 5.93. The fourth-order valence-corrected chi connectivity index (χ4v) is 4.06. The Balaban J connectivity index is 1.62. The van der Waals surface area contributed by atoms with Crippen molar-refractivity contribution in [3.05, 3.63) is 60.1 Å². The van der Waals surface area contributed by atoms with Crippen LogP contribution in [0.25, 0.3) is 11.5 Å². The molecule has 1 aromatic carbocycles. The molecule has 0 unspecified atom stereocenters. The molecule has 0 spiro atoms. The van der Waals surface area contributed by atoms with Crippen LogP contribution in [0, 0.1) is 5.41 Å². The summed E-state index contributed by atoms with van der Waals surface area (Å²) >= 11 is 0. The highest BCUT2D eigenvalue weighted by molar-refractivity contribution is 7.89. The van der Waals surface area contributed by atoms with Gasteiger partial charge in [-0.05, 0) is 35.2 Å². The van der Waals surface area contributed by atoms with Crippen LogP contribution in [0.3, 0.4) is 0 Å². The molecule has 0 radical (unpaired) electrons. The van der Waals surface area contributed by atoms with Crippen LogP contribution in [0.5, 0.6) is 0 Å². The molecule has 26 heavy (non-hydrogen) atoms. The highest BCUT2D eigenvalue weighted by atomic mass is 32.2. The predicted octanol–water partition coefficient (Wildman–Crippen LogP) is 2.69. The van der Waals surface area contributed by atoms with Gasteiger partial charge in [0.1, 0.15) is 5.69 Å². The van der Waals surface area contributed by atoms with E-state index in [-0.39, 0.29) is 22.1 Å². The monoisotopic (exact) mass is 370 g/mol. The SMILES string of the molecule is CC1(C)[C@@H](c2ccc(S(N)(=O)=O)cc2)[C@@H]1c1nc(-c2ccccn2)no1. The molecule has 1 fully saturated rings. The molecule has 2 atom stereocenters. The first-order chi connectivity index (χ1) is 12.3. The number of hydrogen-bond donors (Lipinski definition) is 1. The molecule has 0 amide bonds. The first-order valence-electron chi connectivity index (χ1n) is 8.16. The van der Waals surface area contributed by atoms with Gasteiger partial charge in [-0.25, -0.2) is 13.6 Å². The van der Waals surface area contributed by atoms with Gasteiger partial charge in [0.2, 0.25) is 21.7 Å². The van der Waals surface area contributed by atoms with Gasteiger partial charge in [-0.2, -0.15) is 4.98 Å². The van der Waals surface area contributed by atoms with Crippen molar-refractivity contribution in [2.24, 2.45) is 10.6 Å². The Morgan fingerprint density at radius 2 is 1.81 bits per heavy atom. The van der Waals surface area contributed by atoms with E-state index >= 15 is 0 Å². The molecule has 2 heterocycles. The summed E-state index contributed by atoms with van der Waals surface area (Å²) in [5, 5.41) is 9.20. The van der Waals surface area contributed by atoms with Crippen LogP contribution < -0.4 is 5.14 Å². The van der Waals surface area contributed by atoms with Crippen LogP contribution >= 0.6 is 0 Å². The predicted molar refractivity (Wildman–Crippen MR) is 94.6 cm³/mol. The second-order valence-electron chi connectivity index (χ2n) is 7.06. The Labute approximate surface area is 151 Å². The lowest BCUT2D eigenvalue weighted by Crippen LogP contribution is -2.11. The Morgan fingerprint density at radius 1 is 1.08 bits per heavy atom. The normalized spacial score (nSPS) is 21.5. The molecule has 0 saturated heterocycles. The maximum absolute atomic E-state index is 11.4. The minimum Gasteiger partial charge on any atom is -0.339 e. The summed E-state index contributed by atoms with van der Waals surface area (Å²) in [6.07, 6.45) is 1.68. The van der Waals surface area contributed by atoms with Crippen molar-refractivity contribution in [2.75, 3.05) is 0 Å². The van der Waals surface area contributed by atoms with Crippen LogP contribution in [0.4, 0.5) is 0 Å². The van der Waals surface area contributed by atoms with Crippen LogP contribution in [-0.2, 0) is 10.0 Å². The van der Waals surface area contributed by atoms with Crippen LogP contribution in [0.15, 0.2) is 58.1 Å². The highest BCUT2D eigenvalue weighted by Crippen LogP contribution is 2.69. The van der Waals surface area contributed by atoms with E-state index in [9.17, 15) is 8.42 Å². The molecule has 8 heteroatoms. The summed E-state index contributed by atoms with van der Waals surface area (Å²) in [5.74, 6) is 1.25. The smallest absolute Gasteiger partial charge is 0.238 e. The number of nitrogens with two attached hydrogens (primary N) is 1. The van der Waals surface area contributed by atoms with Crippen molar-refractivity contribution in [1.29, 1.82) is 0 Å². The zero-order valence-electron chi connectivity index (χ0n) is 14.3. The Hall–Kier alpha value is -2.58. The number of aromatic nitrogens is 3. The van der Waals surface area contributed by atoms with E-state index in [1.165, 1.54) is 12.1 Å². The van der Waals surface area contributed by atoms with E-state index in [0.29, 0.717) is 17.4 Å². The highest BCUT2D eigenvalue weighted by Gasteiger charge is 2.62. The van der Waals surface area contributed by atoms with Gasteiger partial charge in [0.05, 0.1) is 10.8 Å². The van der Waals surface area contributed by atoms with Crippen LogP contribution in [-0.4, -0.2) is 23.5 Å². The summed E-state index contributed by atoms with van der Waals surface area (Å²) in [4.78, 5) is 8.85. The Morgan fingerprint density at radius 3 is 2.42 bits per heavy atom. The van der Waals surface area contributed by atoms with Crippen molar-refractivity contribution in [3.63, 3.8) is 0 Å². The zero-order chi connectivity index (χ0) is 18.5. The first-order valence-corrected chi connectivity index (χ1v) is 9.71. The lowest BCUT2D eigenvalue weighted by Gasteiger charge is -2.04. The summed E-state index contributed by atoms with van der Waals surface area (Å²) in [7, 11) is -3.69. The minimum absolute atomic E-state index is 0.0628. The van der Waals surface area contributed by atoms with Gasteiger partial charge >= 0.3 is 0 Å². The second kappa shape index (κ2) is 5.72. The molecule has 1 aliphatic carbocycles. The largest absolute Gasteiger partial charge is 0.339 e. The van der Waals surface area contributed by atoms with Gasteiger partial charge in [0, 0.05) is 12.1 Å². The number of rotatable bonds is 4. The van der Waals surface area contributed by atoms with Gasteiger partial charge in [0.15, 0.2) is 0 Å². The summed E-state index contributed by atoms with van der Waals surface area (Å²) in [6, 6.07) is 12.2. The summed E-state index contributed by atoms with van der Waals surface area (Å²) in [5.41, 5.74) is 1.61. The number of sulfonamides is 1. The second-order valence-corrected chi connectivity index (χ2v) is 8.62. The van der Waals surface area contributed by atoms with E-state index in [4.69, 9.17) is 9.66 Å². The number of nitrogens with zero attached hydrogens (tertiary/aromatic N) is 3. The molecule has 3 aromatic rings. The standard InChI is InChI=1S/C18H18N4O3S/c1-18(2)14(11-6-8-12(9-7-11)26(19,23)24)15(18)17-21-16(22-25-17)13-5-3-4-10-20-13/h3-10,14-15H,1-2H3,(H2,19,23,24)/t14-,15+/m0/s1. The molecule has 2 aromatic heterocycles. The third-order valence-electron chi connectivity index (χ3n) is 5.00. The van der Waals surface area contributed by atoms with Crippen molar-refractivity contribution in [3.8, 4) is 11.5 Å². The summed E-state index contributed by atoms with van der Waals surface area (Å²) < 4.78 is 28.3. The summed E-state index contributed by atoms with van der Waals surface area (Å²) in [6.45, 7) is 4.25. The molecule has 0 aliphatic heterocycles. The average Bonchev–Trinajstić information content (AvgIpc) is 2.95. The Bertz CT molecular complexity index is 1040. The number of hydrogen-bond acceptors (Lipinski definition) is 6. The molecular formula is C18H18N4O3S. The molecule has 2 N–H and O–H groups in total. The Kier molecular flexibility index (Phi) is 3.71. The molecular weight excluding hydrogens is 352 g/mol. The number of pyridine rings is 1. The lowest BCUT2D eigenvalue weighted by molar-refractivity contribution is 0.368. The van der Waals surface area contributed by atoms with Gasteiger partial charge in [-0.1, -0.05) is 37.2 Å². The molecule has 4 rings (SSSR count). The van der Waals surface area contributed by atoms with E-state index in [1.807, 2.05) is 18.2 Å². The van der Waals surface area contributed by atoms with E-state index in [1.54, 1.807) is 18.3 Å². The first kappa shape index (κ1) is 16.9. The number of benzene rings is 1. The van der Waals surface area contributed by atoms with Crippen LogP contribution in [0.1, 0.15) is 37.1 Å². The van der Waals surface area contributed by atoms with Gasteiger partial charge in [0.25, 0.3) is 0 Å². The van der Waals surface area contributed by atoms with Crippen LogP contribution in [0.2, 0.25) is 0 Å². The van der Waals surface area contributed by atoms with Crippen molar-refractivity contribution in [2.45, 2.75) is 30.6 Å². The quantitative estimate of drug-likeness (QED) is 0.755. The van der Waals surface area contributed by atoms with Crippen molar-refractivity contribution >= 4 is 10.0 Å². The molecule has 7 nitrogen and oxygen atoms in total. The van der Waals surface area contributed by atoms with Crippen molar-refractivity contribution < 1.29 is 12.9 Å². The maximum atomic E-state index is 11.4. The molecule has 134 valence electrons. The van der Waals surface area contributed by atoms with E-state index in [0.717, 1.165) is 5.56 Å². The average molecular weight is 370 g/mol. The van der Waals surface area contributed by atoms with E-state index in [2.05, 4.69) is 29.0 Å². The fourth-order valence-electron chi connectivity index (χ4n) is 3.55. The van der Waals surface area contributed by atoms with Gasteiger partial charge in [-0.15, -0.1) is 0 Å². The molecule has 1 aliphatic rings. The topological polar surface area (TPSA) is 112 Å². The van der Waals surface area contributed by atoms with Crippen molar-refractivity contribution in [1.82, 2.24) is 15.1 Å². The zero-order valence-corrected chi connectivity index (χ0v) is 15.1. The number of primary sulfonamides is 1. The van der Waals surface area contributed by atoms with E-state index < -0.39 is 10.0 Å². The lowest BCUT2D eigenvalue weighted by atomic mass is 10.0. The maximum Gasteiger partial charge on any atom is 0.238 e. The fraction of sp³-hybridized carbons (Fsp3) is 0.278.